The Morgan fingerprint density at radius 2 is 1.73 bits per heavy atom. The highest BCUT2D eigenvalue weighted by atomic mass is 16.4. The van der Waals surface area contributed by atoms with Crippen LogP contribution in [0.25, 0.3) is 11.0 Å². The molecule has 0 bridgehead atoms. The van der Waals surface area contributed by atoms with E-state index in [1.165, 1.54) is 0 Å². The summed E-state index contributed by atoms with van der Waals surface area (Å²) < 4.78 is 1.75. The van der Waals surface area contributed by atoms with Crippen molar-refractivity contribution in [3.05, 3.63) is 94.4 Å². The van der Waals surface area contributed by atoms with Crippen LogP contribution in [0.3, 0.4) is 0 Å². The Hall–Kier alpha value is -4.40. The topological polar surface area (TPSA) is 104 Å². The van der Waals surface area contributed by atoms with Crippen LogP contribution in [-0.4, -0.2) is 56.3 Å². The molecule has 1 fully saturated rings. The molecular weight excluding hydrogens is 516 g/mol. The molecule has 3 heterocycles. The minimum absolute atomic E-state index is 0.00331. The van der Waals surface area contributed by atoms with Gasteiger partial charge in [0.15, 0.2) is 0 Å². The van der Waals surface area contributed by atoms with E-state index in [-0.39, 0.29) is 29.6 Å². The van der Waals surface area contributed by atoms with Gasteiger partial charge in [-0.1, -0.05) is 56.3 Å². The highest BCUT2D eigenvalue weighted by Gasteiger charge is 2.30. The second-order valence-electron chi connectivity index (χ2n) is 11.2. The van der Waals surface area contributed by atoms with Gasteiger partial charge in [-0.05, 0) is 55.5 Å². The van der Waals surface area contributed by atoms with Gasteiger partial charge in [0.1, 0.15) is 5.65 Å². The molecule has 1 aliphatic heterocycles. The maximum Gasteiger partial charge on any atom is 0.407 e. The summed E-state index contributed by atoms with van der Waals surface area (Å²) in [7, 11) is 0. The number of benzene rings is 2. The lowest BCUT2D eigenvalue weighted by molar-refractivity contribution is 0.118. The zero-order chi connectivity index (χ0) is 29.1. The van der Waals surface area contributed by atoms with Crippen molar-refractivity contribution < 1.29 is 9.90 Å². The third kappa shape index (κ3) is 6.19. The highest BCUT2D eigenvalue weighted by Crippen LogP contribution is 2.26. The molecule has 2 aromatic carbocycles. The molecule has 5 rings (SSSR count). The number of hydrogen-bond donors (Lipinski definition) is 2. The quantitative estimate of drug-likeness (QED) is 0.293. The van der Waals surface area contributed by atoms with Crippen molar-refractivity contribution in [1.29, 1.82) is 0 Å². The molecule has 9 nitrogen and oxygen atoms in total. The first-order chi connectivity index (χ1) is 19.7. The Morgan fingerprint density at radius 3 is 2.41 bits per heavy atom. The van der Waals surface area contributed by atoms with Crippen LogP contribution in [-0.2, 0) is 6.42 Å². The molecule has 3 atom stereocenters. The van der Waals surface area contributed by atoms with Crippen molar-refractivity contribution in [2.45, 2.75) is 52.2 Å². The molecular formula is C32H38N6O3. The second-order valence-corrected chi connectivity index (χ2v) is 11.2. The summed E-state index contributed by atoms with van der Waals surface area (Å²) in [5.74, 6) is 0.751. The van der Waals surface area contributed by atoms with Crippen LogP contribution < -0.4 is 15.8 Å². The SMILES string of the molecule is CC(C)[C@H](C)n1c(=O)ccc2cnc(N[C@@H](C)c3ccc(N4CCN(C(=O)O)C(Cc5ccccc5)C4)cc3)nc21. The number of nitrogens with one attached hydrogen (secondary N) is 1. The minimum atomic E-state index is -0.868. The number of pyridine rings is 1. The van der Waals surface area contributed by atoms with Crippen molar-refractivity contribution in [3.63, 3.8) is 0 Å². The monoisotopic (exact) mass is 554 g/mol. The van der Waals surface area contributed by atoms with Gasteiger partial charge in [-0.2, -0.15) is 4.98 Å². The number of anilines is 2. The van der Waals surface area contributed by atoms with E-state index in [1.54, 1.807) is 27.8 Å². The molecule has 0 spiro atoms. The molecule has 1 amide bonds. The first kappa shape index (κ1) is 28.1. The van der Waals surface area contributed by atoms with E-state index in [4.69, 9.17) is 4.98 Å². The Morgan fingerprint density at radius 1 is 1.00 bits per heavy atom. The van der Waals surface area contributed by atoms with Crippen molar-refractivity contribution in [3.8, 4) is 0 Å². The molecule has 1 aliphatic rings. The van der Waals surface area contributed by atoms with Crippen LogP contribution in [0.15, 0.2) is 77.7 Å². The van der Waals surface area contributed by atoms with Gasteiger partial charge in [-0.25, -0.2) is 9.78 Å². The largest absolute Gasteiger partial charge is 0.465 e. The number of hydrogen-bond acceptors (Lipinski definition) is 6. The van der Waals surface area contributed by atoms with Crippen LogP contribution >= 0.6 is 0 Å². The van der Waals surface area contributed by atoms with Crippen LogP contribution in [0.1, 0.15) is 50.9 Å². The summed E-state index contributed by atoms with van der Waals surface area (Å²) in [6.07, 6.45) is 1.57. The summed E-state index contributed by atoms with van der Waals surface area (Å²) in [5.41, 5.74) is 3.83. The molecule has 0 radical (unpaired) electrons. The Labute approximate surface area is 240 Å². The van der Waals surface area contributed by atoms with Gasteiger partial charge in [-0.3, -0.25) is 9.36 Å². The van der Waals surface area contributed by atoms with Gasteiger partial charge >= 0.3 is 6.09 Å². The van der Waals surface area contributed by atoms with E-state index in [9.17, 15) is 14.7 Å². The zero-order valence-corrected chi connectivity index (χ0v) is 24.1. The van der Waals surface area contributed by atoms with E-state index in [0.29, 0.717) is 37.7 Å². The smallest absolute Gasteiger partial charge is 0.407 e. The van der Waals surface area contributed by atoms with E-state index in [1.807, 2.05) is 37.3 Å². The summed E-state index contributed by atoms with van der Waals surface area (Å²) in [6, 6.07) is 21.6. The average Bonchev–Trinajstić information content (AvgIpc) is 2.97. The number of carboxylic acid groups (broad SMARTS) is 1. The predicted molar refractivity (Wildman–Crippen MR) is 163 cm³/mol. The van der Waals surface area contributed by atoms with Crippen molar-refractivity contribution in [2.24, 2.45) is 5.92 Å². The molecule has 1 unspecified atom stereocenters. The van der Waals surface area contributed by atoms with Crippen molar-refractivity contribution in [2.75, 3.05) is 29.9 Å². The lowest BCUT2D eigenvalue weighted by Crippen LogP contribution is -2.55. The summed E-state index contributed by atoms with van der Waals surface area (Å²) >= 11 is 0. The van der Waals surface area contributed by atoms with E-state index in [2.05, 4.69) is 60.2 Å². The van der Waals surface area contributed by atoms with Crippen LogP contribution in [0, 0.1) is 5.92 Å². The normalized spacial score (nSPS) is 17.0. The van der Waals surface area contributed by atoms with Crippen LogP contribution in [0.2, 0.25) is 0 Å². The molecule has 9 heteroatoms. The lowest BCUT2D eigenvalue weighted by Gasteiger charge is -2.41. The summed E-state index contributed by atoms with van der Waals surface area (Å²) in [5, 5.41) is 14.0. The molecule has 41 heavy (non-hydrogen) atoms. The zero-order valence-electron chi connectivity index (χ0n) is 24.1. The maximum atomic E-state index is 12.7. The Bertz CT molecular complexity index is 1550. The molecule has 4 aromatic rings. The summed E-state index contributed by atoms with van der Waals surface area (Å²) in [4.78, 5) is 37.7. The number of carbonyl (C=O) groups is 1. The number of piperazine rings is 1. The van der Waals surface area contributed by atoms with Gasteiger partial charge in [0.25, 0.3) is 5.56 Å². The maximum absolute atomic E-state index is 12.7. The Balaban J connectivity index is 1.30. The third-order valence-electron chi connectivity index (χ3n) is 8.19. The molecule has 1 saturated heterocycles. The van der Waals surface area contributed by atoms with E-state index < -0.39 is 6.09 Å². The third-order valence-corrected chi connectivity index (χ3v) is 8.19. The molecule has 214 valence electrons. The fourth-order valence-electron chi connectivity index (χ4n) is 5.45. The van der Waals surface area contributed by atoms with Gasteiger partial charge in [-0.15, -0.1) is 0 Å². The lowest BCUT2D eigenvalue weighted by atomic mass is 10.0. The molecule has 0 saturated carbocycles. The second kappa shape index (κ2) is 12.0. The van der Waals surface area contributed by atoms with E-state index in [0.717, 1.165) is 22.2 Å². The van der Waals surface area contributed by atoms with Gasteiger partial charge in [0.2, 0.25) is 5.95 Å². The van der Waals surface area contributed by atoms with Gasteiger partial charge in [0, 0.05) is 49.0 Å². The number of rotatable bonds is 8. The first-order valence-corrected chi connectivity index (χ1v) is 14.2. The van der Waals surface area contributed by atoms with Gasteiger partial charge in [0.05, 0.1) is 12.1 Å². The van der Waals surface area contributed by atoms with Crippen LogP contribution in [0.5, 0.6) is 0 Å². The summed E-state index contributed by atoms with van der Waals surface area (Å²) in [6.45, 7) is 10.0. The first-order valence-electron chi connectivity index (χ1n) is 14.2. The van der Waals surface area contributed by atoms with Crippen molar-refractivity contribution >= 4 is 28.8 Å². The fraction of sp³-hybridized carbons (Fsp3) is 0.375. The highest BCUT2D eigenvalue weighted by molar-refractivity contribution is 5.75. The average molecular weight is 555 g/mol. The number of aromatic nitrogens is 3. The number of fused-ring (bicyclic) bond motifs is 1. The molecule has 2 aromatic heterocycles. The predicted octanol–water partition coefficient (Wildman–Crippen LogP) is 5.59. The molecule has 2 N–H and O–H groups in total. The minimum Gasteiger partial charge on any atom is -0.465 e. The van der Waals surface area contributed by atoms with Gasteiger partial charge < -0.3 is 20.2 Å². The molecule has 0 aliphatic carbocycles. The Kier molecular flexibility index (Phi) is 8.23. The van der Waals surface area contributed by atoms with E-state index >= 15 is 0 Å². The number of amides is 1. The number of nitrogens with zero attached hydrogens (tertiary/aromatic N) is 5. The standard InChI is InChI=1S/C32H38N6O3/c1-21(2)23(4)38-29(39)15-12-26-19-33-31(35-30(26)38)34-22(3)25-10-13-27(14-11-25)36-16-17-37(32(40)41)28(20-36)18-24-8-6-5-7-9-24/h5-15,19,21-23,28H,16-18,20H2,1-4H3,(H,40,41)(H,33,34,35)/t22-,23-,28?/m0/s1. The van der Waals surface area contributed by atoms with Crippen molar-refractivity contribution in [1.82, 2.24) is 19.4 Å². The van der Waals surface area contributed by atoms with Crippen LogP contribution in [0.4, 0.5) is 16.4 Å². The fourth-order valence-corrected chi connectivity index (χ4v) is 5.45.